The first-order valence-electron chi connectivity index (χ1n) is 6.32. The predicted octanol–water partition coefficient (Wildman–Crippen LogP) is 3.94. The van der Waals surface area contributed by atoms with Crippen LogP contribution in [0.1, 0.15) is 25.5 Å². The summed E-state index contributed by atoms with van der Waals surface area (Å²) in [4.78, 5) is 4.23. The van der Waals surface area contributed by atoms with Gasteiger partial charge in [-0.15, -0.1) is 24.0 Å². The molecule has 1 aromatic rings. The van der Waals surface area contributed by atoms with Crippen molar-refractivity contribution < 1.29 is 0 Å². The number of rotatable bonds is 5. The predicted molar refractivity (Wildman–Crippen MR) is 103 cm³/mol. The van der Waals surface area contributed by atoms with E-state index in [1.54, 1.807) is 7.05 Å². The van der Waals surface area contributed by atoms with Crippen molar-refractivity contribution in [3.8, 4) is 0 Å². The molecule has 0 fully saturated rings. The van der Waals surface area contributed by atoms with Crippen LogP contribution >= 0.6 is 47.3 Å². The number of hydrogen-bond acceptors (Lipinski definition) is 2. The molecule has 0 aromatic heterocycles. The lowest BCUT2D eigenvalue weighted by molar-refractivity contribution is 0.684. The van der Waals surface area contributed by atoms with Gasteiger partial charge in [-0.3, -0.25) is 4.99 Å². The van der Waals surface area contributed by atoms with Crippen molar-refractivity contribution in [2.24, 2.45) is 4.99 Å². The van der Waals surface area contributed by atoms with Crippen LogP contribution < -0.4 is 10.6 Å². The Kier molecular flexibility index (Phi) is 10.5. The van der Waals surface area contributed by atoms with Crippen LogP contribution in [-0.4, -0.2) is 31.1 Å². The number of nitrogens with one attached hydrogen (secondary N) is 2. The van der Waals surface area contributed by atoms with E-state index in [1.165, 1.54) is 0 Å². The molecule has 2 N–H and O–H groups in total. The topological polar surface area (TPSA) is 36.4 Å². The summed E-state index contributed by atoms with van der Waals surface area (Å²) < 4.78 is 0. The molecule has 0 bridgehead atoms. The summed E-state index contributed by atoms with van der Waals surface area (Å²) in [5, 5.41) is 7.99. The molecule has 0 heterocycles. The lowest BCUT2D eigenvalue weighted by Crippen LogP contribution is -2.41. The van der Waals surface area contributed by atoms with E-state index in [1.807, 2.05) is 36.0 Å². The van der Waals surface area contributed by atoms with Crippen molar-refractivity contribution in [3.63, 3.8) is 0 Å². The van der Waals surface area contributed by atoms with Crippen molar-refractivity contribution in [2.75, 3.05) is 19.8 Å². The maximum absolute atomic E-state index is 6.19. The van der Waals surface area contributed by atoms with Crippen LogP contribution in [-0.2, 0) is 0 Å². The molecule has 3 nitrogen and oxygen atoms in total. The molecule has 0 saturated heterocycles. The number of aliphatic imine (C=N–C) groups is 1. The molecular weight excluding hydrogens is 405 g/mol. The largest absolute Gasteiger partial charge is 0.355 e. The SMILES string of the molecule is CN=C(NCC(C)SC)NC(C)c1ccccc1Cl.I. The van der Waals surface area contributed by atoms with Gasteiger partial charge in [0.05, 0.1) is 6.04 Å². The van der Waals surface area contributed by atoms with E-state index in [0.29, 0.717) is 5.25 Å². The van der Waals surface area contributed by atoms with Crippen molar-refractivity contribution >= 4 is 53.3 Å². The third-order valence-electron chi connectivity index (χ3n) is 2.91. The van der Waals surface area contributed by atoms with Gasteiger partial charge in [0.1, 0.15) is 0 Å². The van der Waals surface area contributed by atoms with Crippen LogP contribution in [0.5, 0.6) is 0 Å². The highest BCUT2D eigenvalue weighted by Crippen LogP contribution is 2.21. The fourth-order valence-corrected chi connectivity index (χ4v) is 2.18. The molecule has 0 aliphatic carbocycles. The van der Waals surface area contributed by atoms with Crippen LogP contribution in [0.25, 0.3) is 0 Å². The molecule has 20 heavy (non-hydrogen) atoms. The van der Waals surface area contributed by atoms with Crippen molar-refractivity contribution in [3.05, 3.63) is 34.9 Å². The Balaban J connectivity index is 0.00000361. The minimum Gasteiger partial charge on any atom is -0.355 e. The average molecular weight is 428 g/mol. The fraction of sp³-hybridized carbons (Fsp3) is 0.500. The lowest BCUT2D eigenvalue weighted by atomic mass is 10.1. The van der Waals surface area contributed by atoms with Crippen LogP contribution in [0.4, 0.5) is 0 Å². The van der Waals surface area contributed by atoms with Gasteiger partial charge in [0.2, 0.25) is 0 Å². The van der Waals surface area contributed by atoms with Gasteiger partial charge in [-0.2, -0.15) is 11.8 Å². The number of hydrogen-bond donors (Lipinski definition) is 2. The van der Waals surface area contributed by atoms with Gasteiger partial charge >= 0.3 is 0 Å². The van der Waals surface area contributed by atoms with E-state index < -0.39 is 0 Å². The highest BCUT2D eigenvalue weighted by atomic mass is 127. The van der Waals surface area contributed by atoms with E-state index in [4.69, 9.17) is 11.6 Å². The van der Waals surface area contributed by atoms with Gasteiger partial charge in [0, 0.05) is 23.9 Å². The zero-order valence-corrected chi connectivity index (χ0v) is 16.2. The molecule has 0 amide bonds. The Morgan fingerprint density at radius 2 is 2.00 bits per heavy atom. The summed E-state index contributed by atoms with van der Waals surface area (Å²) in [7, 11) is 1.78. The van der Waals surface area contributed by atoms with E-state index in [0.717, 1.165) is 23.1 Å². The lowest BCUT2D eigenvalue weighted by Gasteiger charge is -2.20. The Labute approximate surface area is 148 Å². The second-order valence-electron chi connectivity index (χ2n) is 4.39. The quantitative estimate of drug-likeness (QED) is 0.424. The zero-order valence-electron chi connectivity index (χ0n) is 12.3. The summed E-state index contributed by atoms with van der Waals surface area (Å²) in [6.07, 6.45) is 2.11. The van der Waals surface area contributed by atoms with Crippen LogP contribution in [0.3, 0.4) is 0 Å². The molecule has 0 aliphatic rings. The maximum Gasteiger partial charge on any atom is 0.191 e. The molecule has 0 radical (unpaired) electrons. The fourth-order valence-electron chi connectivity index (χ4n) is 1.63. The van der Waals surface area contributed by atoms with Gasteiger partial charge in [-0.1, -0.05) is 36.7 Å². The molecule has 1 rings (SSSR count). The standard InChI is InChI=1S/C14H22ClN3S.HI/c1-10(19-4)9-17-14(16-3)18-11(2)12-7-5-6-8-13(12)15;/h5-8,10-11H,9H2,1-4H3,(H2,16,17,18);1H. The average Bonchev–Trinajstić information content (AvgIpc) is 2.43. The monoisotopic (exact) mass is 427 g/mol. The minimum absolute atomic E-state index is 0. The Hall–Kier alpha value is -0.140. The summed E-state index contributed by atoms with van der Waals surface area (Å²) in [5.74, 6) is 0.799. The number of thioether (sulfide) groups is 1. The highest BCUT2D eigenvalue weighted by molar-refractivity contribution is 14.0. The van der Waals surface area contributed by atoms with Crippen LogP contribution in [0.2, 0.25) is 5.02 Å². The highest BCUT2D eigenvalue weighted by Gasteiger charge is 2.11. The summed E-state index contributed by atoms with van der Waals surface area (Å²) in [6.45, 7) is 5.14. The number of halogens is 2. The number of benzene rings is 1. The van der Waals surface area contributed by atoms with Crippen LogP contribution in [0, 0.1) is 0 Å². The van der Waals surface area contributed by atoms with Crippen molar-refractivity contribution in [2.45, 2.75) is 25.1 Å². The first kappa shape index (κ1) is 19.9. The maximum atomic E-state index is 6.19. The van der Waals surface area contributed by atoms with Crippen molar-refractivity contribution in [1.82, 2.24) is 10.6 Å². The third-order valence-corrected chi connectivity index (χ3v) is 4.22. The third kappa shape index (κ3) is 6.54. The minimum atomic E-state index is 0. The smallest absolute Gasteiger partial charge is 0.191 e. The van der Waals surface area contributed by atoms with Gasteiger partial charge in [-0.05, 0) is 24.8 Å². The van der Waals surface area contributed by atoms with Gasteiger partial charge in [0.15, 0.2) is 5.96 Å². The van der Waals surface area contributed by atoms with Gasteiger partial charge in [0.25, 0.3) is 0 Å². The summed E-state index contributed by atoms with van der Waals surface area (Å²) in [5.41, 5.74) is 1.07. The van der Waals surface area contributed by atoms with Gasteiger partial charge in [-0.25, -0.2) is 0 Å². The van der Waals surface area contributed by atoms with E-state index >= 15 is 0 Å². The molecule has 2 atom stereocenters. The number of nitrogens with zero attached hydrogens (tertiary/aromatic N) is 1. The van der Waals surface area contributed by atoms with Crippen molar-refractivity contribution in [1.29, 1.82) is 0 Å². The molecule has 2 unspecified atom stereocenters. The molecule has 1 aromatic carbocycles. The second-order valence-corrected chi connectivity index (χ2v) is 6.07. The van der Waals surface area contributed by atoms with Gasteiger partial charge < -0.3 is 10.6 Å². The Bertz CT molecular complexity index is 429. The first-order valence-corrected chi connectivity index (χ1v) is 7.99. The molecule has 114 valence electrons. The van der Waals surface area contributed by atoms with Crippen LogP contribution in [0.15, 0.2) is 29.3 Å². The Morgan fingerprint density at radius 1 is 1.35 bits per heavy atom. The zero-order chi connectivity index (χ0) is 14.3. The molecule has 0 aliphatic heterocycles. The summed E-state index contributed by atoms with van der Waals surface area (Å²) in [6, 6.07) is 7.97. The molecule has 0 saturated carbocycles. The number of guanidine groups is 1. The summed E-state index contributed by atoms with van der Waals surface area (Å²) >= 11 is 8.02. The second kappa shape index (κ2) is 10.6. The van der Waals surface area contributed by atoms with E-state index in [-0.39, 0.29) is 30.0 Å². The molecule has 0 spiro atoms. The van der Waals surface area contributed by atoms with E-state index in [9.17, 15) is 0 Å². The first-order chi connectivity index (χ1) is 9.08. The molecule has 6 heteroatoms. The molecular formula is C14H23ClIN3S. The Morgan fingerprint density at radius 3 is 2.55 bits per heavy atom. The normalized spacial score (nSPS) is 14.2. The van der Waals surface area contributed by atoms with E-state index in [2.05, 4.69) is 35.7 Å².